The zero-order valence-corrected chi connectivity index (χ0v) is 16.1. The highest BCUT2D eigenvalue weighted by Crippen LogP contribution is 2.46. The largest absolute Gasteiger partial charge is 0.365 e. The van der Waals surface area contributed by atoms with Crippen molar-refractivity contribution < 1.29 is 17.9 Å². The van der Waals surface area contributed by atoms with Crippen molar-refractivity contribution in [2.45, 2.75) is 44.1 Å². The third-order valence-electron chi connectivity index (χ3n) is 5.37. The van der Waals surface area contributed by atoms with E-state index < -0.39 is 20.9 Å². The fourth-order valence-corrected chi connectivity index (χ4v) is 6.81. The number of sulfonamides is 1. The molecule has 0 saturated carbocycles. The lowest BCUT2D eigenvalue weighted by atomic mass is 9.99. The summed E-state index contributed by atoms with van der Waals surface area (Å²) < 4.78 is 33.6. The van der Waals surface area contributed by atoms with Crippen LogP contribution in [0.5, 0.6) is 0 Å². The van der Waals surface area contributed by atoms with Crippen molar-refractivity contribution in [3.8, 4) is 0 Å². The average molecular weight is 380 g/mol. The summed E-state index contributed by atoms with van der Waals surface area (Å²) in [7, 11) is -3.40. The number of ether oxygens (including phenoxy) is 1. The lowest BCUT2D eigenvalue weighted by Crippen LogP contribution is -2.56. The first kappa shape index (κ1) is 17.8. The minimum absolute atomic E-state index is 0.217. The topological polar surface area (TPSA) is 92.7 Å². The van der Waals surface area contributed by atoms with Crippen molar-refractivity contribution in [1.29, 1.82) is 0 Å². The standard InChI is InChI=1S/C17H24N4O4S/c1-11(2)7-21-10-17-9-20(16(22)14-6-18-12(3)5-19-14)8-13(25-17)4-15(17)26(21,23)24/h5-6,11,13,15H,4,7-10H2,1-3H3/t13-,15+,17+/m0/s1. The quantitative estimate of drug-likeness (QED) is 0.755. The average Bonchev–Trinajstić information content (AvgIpc) is 2.93. The smallest absolute Gasteiger partial charge is 0.274 e. The molecule has 1 amide bonds. The van der Waals surface area contributed by atoms with Gasteiger partial charge in [0, 0.05) is 25.8 Å². The number of aromatic nitrogens is 2. The van der Waals surface area contributed by atoms with Gasteiger partial charge in [0.2, 0.25) is 10.0 Å². The Morgan fingerprint density at radius 1 is 1.35 bits per heavy atom. The number of carbonyl (C=O) groups excluding carboxylic acids is 1. The molecule has 0 aliphatic carbocycles. The molecule has 142 valence electrons. The Bertz CT molecular complexity index is 826. The van der Waals surface area contributed by atoms with Crippen LogP contribution in [0.1, 0.15) is 36.5 Å². The third kappa shape index (κ3) is 2.73. The first-order chi connectivity index (χ1) is 12.2. The molecule has 4 heterocycles. The molecule has 1 aromatic rings. The van der Waals surface area contributed by atoms with E-state index in [-0.39, 0.29) is 30.2 Å². The Morgan fingerprint density at radius 2 is 2.12 bits per heavy atom. The lowest BCUT2D eigenvalue weighted by Gasteiger charge is -2.39. The molecule has 0 unspecified atom stereocenters. The second-order valence-corrected chi connectivity index (χ2v) is 10.1. The third-order valence-corrected chi connectivity index (χ3v) is 7.71. The number of aryl methyl sites for hydroxylation is 1. The number of nitrogens with zero attached hydrogens (tertiary/aromatic N) is 4. The summed E-state index contributed by atoms with van der Waals surface area (Å²) in [4.78, 5) is 22.8. The van der Waals surface area contributed by atoms with E-state index in [1.165, 1.54) is 10.5 Å². The molecule has 1 spiro atoms. The predicted octanol–water partition coefficient (Wildman–Crippen LogP) is 0.439. The Morgan fingerprint density at radius 3 is 2.77 bits per heavy atom. The zero-order chi connectivity index (χ0) is 18.7. The maximum absolute atomic E-state index is 13.0. The van der Waals surface area contributed by atoms with Gasteiger partial charge in [-0.15, -0.1) is 0 Å². The van der Waals surface area contributed by atoms with Crippen LogP contribution in [-0.2, 0) is 14.8 Å². The predicted molar refractivity (Wildman–Crippen MR) is 94.0 cm³/mol. The number of carbonyl (C=O) groups is 1. The highest BCUT2D eigenvalue weighted by atomic mass is 32.2. The molecular formula is C17H24N4O4S. The van der Waals surface area contributed by atoms with E-state index in [4.69, 9.17) is 4.74 Å². The normalized spacial score (nSPS) is 32.8. The monoisotopic (exact) mass is 380 g/mol. The van der Waals surface area contributed by atoms with E-state index in [0.29, 0.717) is 26.1 Å². The molecule has 9 heteroatoms. The van der Waals surface area contributed by atoms with Crippen molar-refractivity contribution in [2.24, 2.45) is 5.92 Å². The zero-order valence-electron chi connectivity index (χ0n) is 15.3. The molecule has 3 atom stereocenters. The number of hydrogen-bond acceptors (Lipinski definition) is 6. The molecule has 4 rings (SSSR count). The van der Waals surface area contributed by atoms with Crippen molar-refractivity contribution in [1.82, 2.24) is 19.2 Å². The van der Waals surface area contributed by atoms with Crippen LogP contribution >= 0.6 is 0 Å². The number of fused-ring (bicyclic) bond motifs is 1. The summed E-state index contributed by atoms with van der Waals surface area (Å²) in [6.45, 7) is 7.27. The van der Waals surface area contributed by atoms with Crippen LogP contribution in [0.4, 0.5) is 0 Å². The second kappa shape index (κ2) is 5.97. The van der Waals surface area contributed by atoms with E-state index in [1.807, 2.05) is 20.8 Å². The van der Waals surface area contributed by atoms with E-state index in [0.717, 1.165) is 5.69 Å². The van der Waals surface area contributed by atoms with Gasteiger partial charge in [-0.25, -0.2) is 13.4 Å². The van der Waals surface area contributed by atoms with Gasteiger partial charge in [-0.2, -0.15) is 4.31 Å². The summed E-state index contributed by atoms with van der Waals surface area (Å²) in [6, 6.07) is 0. The van der Waals surface area contributed by atoms with Crippen LogP contribution in [0.15, 0.2) is 12.4 Å². The van der Waals surface area contributed by atoms with Gasteiger partial charge in [0.25, 0.3) is 5.91 Å². The molecule has 0 radical (unpaired) electrons. The van der Waals surface area contributed by atoms with Crippen LogP contribution in [0, 0.1) is 12.8 Å². The van der Waals surface area contributed by atoms with Crippen molar-refractivity contribution in [3.05, 3.63) is 23.8 Å². The summed E-state index contributed by atoms with van der Waals surface area (Å²) in [5, 5.41) is -0.569. The highest BCUT2D eigenvalue weighted by molar-refractivity contribution is 7.90. The van der Waals surface area contributed by atoms with E-state index in [9.17, 15) is 13.2 Å². The SMILES string of the molecule is Cc1cnc(C(=O)N2C[C@@H]3C[C@@H]4[C@@](C2)(CN(CC(C)C)S4(=O)=O)O3)cn1. The molecule has 26 heavy (non-hydrogen) atoms. The van der Waals surface area contributed by atoms with Crippen LogP contribution in [0.2, 0.25) is 0 Å². The Balaban J connectivity index is 1.60. The summed E-state index contributed by atoms with van der Waals surface area (Å²) in [5.41, 5.74) is 0.197. The van der Waals surface area contributed by atoms with Gasteiger partial charge in [-0.1, -0.05) is 13.8 Å². The summed E-state index contributed by atoms with van der Waals surface area (Å²) in [5.74, 6) is 0.0190. The second-order valence-electron chi connectivity index (χ2n) is 7.99. The molecule has 3 saturated heterocycles. The molecule has 0 aromatic carbocycles. The maximum Gasteiger partial charge on any atom is 0.274 e. The molecule has 3 aliphatic heterocycles. The summed E-state index contributed by atoms with van der Waals surface area (Å²) >= 11 is 0. The first-order valence-corrected chi connectivity index (χ1v) is 10.5. The number of amides is 1. The van der Waals surface area contributed by atoms with Crippen molar-refractivity contribution in [2.75, 3.05) is 26.2 Å². The van der Waals surface area contributed by atoms with E-state index in [1.54, 1.807) is 11.1 Å². The van der Waals surface area contributed by atoms with Gasteiger partial charge < -0.3 is 9.64 Å². The fourth-order valence-electron chi connectivity index (χ4n) is 4.34. The van der Waals surface area contributed by atoms with Gasteiger partial charge in [0.15, 0.2) is 0 Å². The van der Waals surface area contributed by atoms with Gasteiger partial charge in [0.05, 0.1) is 24.5 Å². The van der Waals surface area contributed by atoms with Crippen LogP contribution < -0.4 is 0 Å². The maximum atomic E-state index is 13.0. The van der Waals surface area contributed by atoms with Gasteiger partial charge in [-0.3, -0.25) is 9.78 Å². The number of morpholine rings is 1. The van der Waals surface area contributed by atoms with Crippen LogP contribution in [-0.4, -0.2) is 76.6 Å². The van der Waals surface area contributed by atoms with Gasteiger partial charge in [-0.05, 0) is 19.3 Å². The number of hydrogen-bond donors (Lipinski definition) is 0. The Hall–Kier alpha value is -1.58. The molecule has 3 fully saturated rings. The van der Waals surface area contributed by atoms with E-state index >= 15 is 0 Å². The first-order valence-electron chi connectivity index (χ1n) is 8.96. The minimum atomic E-state index is -3.40. The lowest BCUT2D eigenvalue weighted by molar-refractivity contribution is -0.0980. The molecule has 2 bridgehead atoms. The minimum Gasteiger partial charge on any atom is -0.365 e. The molecule has 0 N–H and O–H groups in total. The van der Waals surface area contributed by atoms with Crippen molar-refractivity contribution >= 4 is 15.9 Å². The molecule has 8 nitrogen and oxygen atoms in total. The van der Waals surface area contributed by atoms with Crippen LogP contribution in [0.25, 0.3) is 0 Å². The number of likely N-dealkylation sites (tertiary alicyclic amines) is 1. The molecular weight excluding hydrogens is 356 g/mol. The van der Waals surface area contributed by atoms with Crippen LogP contribution in [0.3, 0.4) is 0 Å². The fraction of sp³-hybridized carbons (Fsp3) is 0.706. The van der Waals surface area contributed by atoms with Gasteiger partial charge in [0.1, 0.15) is 16.5 Å². The van der Waals surface area contributed by atoms with Crippen molar-refractivity contribution in [3.63, 3.8) is 0 Å². The summed E-state index contributed by atoms with van der Waals surface area (Å²) in [6.07, 6.45) is 3.24. The molecule has 1 aromatic heterocycles. The molecule has 3 aliphatic rings. The van der Waals surface area contributed by atoms with E-state index in [2.05, 4.69) is 9.97 Å². The number of rotatable bonds is 3. The highest BCUT2D eigenvalue weighted by Gasteiger charge is 2.65. The Kier molecular flexibility index (Phi) is 4.09. The Labute approximate surface area is 153 Å². The van der Waals surface area contributed by atoms with Gasteiger partial charge >= 0.3 is 0 Å².